The number of aryl methyl sites for hydroxylation is 2. The maximum atomic E-state index is 4.14. The van der Waals surface area contributed by atoms with Gasteiger partial charge in [0.25, 0.3) is 0 Å². The lowest BCUT2D eigenvalue weighted by Crippen LogP contribution is -1.91. The second-order valence-electron chi connectivity index (χ2n) is 3.55. The van der Waals surface area contributed by atoms with Crippen molar-refractivity contribution in [1.82, 2.24) is 9.78 Å². The summed E-state index contributed by atoms with van der Waals surface area (Å²) >= 11 is 3.55. The summed E-state index contributed by atoms with van der Waals surface area (Å²) < 4.78 is 1.86. The van der Waals surface area contributed by atoms with Crippen molar-refractivity contribution in [2.24, 2.45) is 7.05 Å². The van der Waals surface area contributed by atoms with Gasteiger partial charge in [-0.3, -0.25) is 4.68 Å². The van der Waals surface area contributed by atoms with E-state index in [4.69, 9.17) is 0 Å². The number of alkyl halides is 1. The number of rotatable bonds is 5. The Bertz CT molecular complexity index is 243. The predicted molar refractivity (Wildman–Crippen MR) is 59.2 cm³/mol. The van der Waals surface area contributed by atoms with Gasteiger partial charge in [-0.15, -0.1) is 0 Å². The van der Waals surface area contributed by atoms with Gasteiger partial charge in [-0.25, -0.2) is 0 Å². The van der Waals surface area contributed by atoms with Crippen molar-refractivity contribution in [3.05, 3.63) is 18.0 Å². The third kappa shape index (κ3) is 4.46. The zero-order chi connectivity index (χ0) is 9.68. The number of hydrogen-bond donors (Lipinski definition) is 0. The molecule has 0 saturated heterocycles. The highest BCUT2D eigenvalue weighted by Gasteiger charge is 1.98. The minimum absolute atomic E-state index is 0.654. The second-order valence-corrected chi connectivity index (χ2v) is 5.11. The molecule has 0 aliphatic carbocycles. The van der Waals surface area contributed by atoms with E-state index in [0.717, 1.165) is 6.42 Å². The van der Waals surface area contributed by atoms with E-state index in [0.29, 0.717) is 4.83 Å². The highest BCUT2D eigenvalue weighted by Crippen LogP contribution is 2.11. The highest BCUT2D eigenvalue weighted by atomic mass is 79.9. The smallest absolute Gasteiger partial charge is 0.0521 e. The van der Waals surface area contributed by atoms with E-state index < -0.39 is 0 Å². The molecule has 1 unspecified atom stereocenters. The molecule has 0 bridgehead atoms. The van der Waals surface area contributed by atoms with Crippen LogP contribution in [0.3, 0.4) is 0 Å². The van der Waals surface area contributed by atoms with Crippen LogP contribution in [0, 0.1) is 0 Å². The summed E-state index contributed by atoms with van der Waals surface area (Å²) in [4.78, 5) is 0.654. The van der Waals surface area contributed by atoms with Crippen LogP contribution in [0.15, 0.2) is 12.4 Å². The molecule has 1 atom stereocenters. The van der Waals surface area contributed by atoms with Gasteiger partial charge >= 0.3 is 0 Å². The van der Waals surface area contributed by atoms with Gasteiger partial charge in [0, 0.05) is 18.1 Å². The molecular weight excluding hydrogens is 228 g/mol. The molecule has 2 nitrogen and oxygen atoms in total. The van der Waals surface area contributed by atoms with E-state index in [9.17, 15) is 0 Å². The summed E-state index contributed by atoms with van der Waals surface area (Å²) in [5.74, 6) is 0. The Morgan fingerprint density at radius 3 is 2.85 bits per heavy atom. The van der Waals surface area contributed by atoms with Crippen LogP contribution >= 0.6 is 15.9 Å². The van der Waals surface area contributed by atoms with Crippen molar-refractivity contribution >= 4 is 15.9 Å². The maximum Gasteiger partial charge on any atom is 0.0521 e. The average Bonchev–Trinajstić information content (AvgIpc) is 2.45. The minimum Gasteiger partial charge on any atom is -0.276 e. The summed E-state index contributed by atoms with van der Waals surface area (Å²) in [6.07, 6.45) is 9.03. The van der Waals surface area contributed by atoms with Gasteiger partial charge in [-0.1, -0.05) is 29.3 Å². The molecule has 0 amide bonds. The highest BCUT2D eigenvalue weighted by molar-refractivity contribution is 9.09. The van der Waals surface area contributed by atoms with Crippen LogP contribution < -0.4 is 0 Å². The molecule has 1 heterocycles. The van der Waals surface area contributed by atoms with Crippen molar-refractivity contribution in [3.8, 4) is 0 Å². The molecule has 0 saturated carbocycles. The Morgan fingerprint density at radius 1 is 1.54 bits per heavy atom. The first-order chi connectivity index (χ1) is 6.18. The monoisotopic (exact) mass is 244 g/mol. The molecule has 0 aromatic carbocycles. The van der Waals surface area contributed by atoms with Crippen molar-refractivity contribution in [2.45, 2.75) is 37.4 Å². The first-order valence-corrected chi connectivity index (χ1v) is 5.71. The zero-order valence-corrected chi connectivity index (χ0v) is 9.92. The Labute approximate surface area is 88.5 Å². The van der Waals surface area contributed by atoms with E-state index in [1.807, 2.05) is 17.9 Å². The van der Waals surface area contributed by atoms with Crippen molar-refractivity contribution in [3.63, 3.8) is 0 Å². The second kappa shape index (κ2) is 5.43. The first kappa shape index (κ1) is 10.8. The molecule has 1 aromatic rings. The van der Waals surface area contributed by atoms with E-state index in [2.05, 4.69) is 34.1 Å². The number of aromatic nitrogens is 2. The molecular formula is C10H17BrN2. The summed E-state index contributed by atoms with van der Waals surface area (Å²) in [7, 11) is 1.96. The molecule has 0 aliphatic heterocycles. The van der Waals surface area contributed by atoms with Crippen LogP contribution in [-0.4, -0.2) is 14.6 Å². The van der Waals surface area contributed by atoms with Crippen LogP contribution in [0.1, 0.15) is 31.7 Å². The number of hydrogen-bond acceptors (Lipinski definition) is 1. The maximum absolute atomic E-state index is 4.14. The average molecular weight is 245 g/mol. The zero-order valence-electron chi connectivity index (χ0n) is 8.33. The molecule has 1 rings (SSSR count). The molecule has 74 valence electrons. The molecule has 0 N–H and O–H groups in total. The van der Waals surface area contributed by atoms with Gasteiger partial charge in [0.2, 0.25) is 0 Å². The van der Waals surface area contributed by atoms with E-state index >= 15 is 0 Å². The van der Waals surface area contributed by atoms with Crippen molar-refractivity contribution < 1.29 is 0 Å². The van der Waals surface area contributed by atoms with E-state index in [1.165, 1.54) is 24.8 Å². The Morgan fingerprint density at radius 2 is 2.31 bits per heavy atom. The fourth-order valence-corrected chi connectivity index (χ4v) is 1.68. The normalized spacial score (nSPS) is 13.2. The summed E-state index contributed by atoms with van der Waals surface area (Å²) in [5, 5.41) is 4.14. The molecule has 0 radical (unpaired) electrons. The topological polar surface area (TPSA) is 17.8 Å². The lowest BCUT2D eigenvalue weighted by atomic mass is 10.1. The van der Waals surface area contributed by atoms with Crippen LogP contribution in [0.25, 0.3) is 0 Å². The van der Waals surface area contributed by atoms with Crippen LogP contribution in [0.4, 0.5) is 0 Å². The predicted octanol–water partition coefficient (Wildman–Crippen LogP) is 2.92. The third-order valence-corrected chi connectivity index (χ3v) is 2.53. The molecule has 1 aromatic heterocycles. The van der Waals surface area contributed by atoms with Crippen LogP contribution in [-0.2, 0) is 13.5 Å². The van der Waals surface area contributed by atoms with Crippen molar-refractivity contribution in [2.75, 3.05) is 0 Å². The Balaban J connectivity index is 2.13. The SMILES string of the molecule is CC(Br)CCCCc1cnn(C)c1. The van der Waals surface area contributed by atoms with Gasteiger partial charge in [-0.05, 0) is 24.8 Å². The third-order valence-electron chi connectivity index (χ3n) is 2.08. The van der Waals surface area contributed by atoms with E-state index in [1.54, 1.807) is 0 Å². The number of nitrogens with zero attached hydrogens (tertiary/aromatic N) is 2. The minimum atomic E-state index is 0.654. The first-order valence-electron chi connectivity index (χ1n) is 4.80. The van der Waals surface area contributed by atoms with Crippen LogP contribution in [0.2, 0.25) is 0 Å². The summed E-state index contributed by atoms with van der Waals surface area (Å²) in [6, 6.07) is 0. The van der Waals surface area contributed by atoms with Crippen LogP contribution in [0.5, 0.6) is 0 Å². The fourth-order valence-electron chi connectivity index (χ4n) is 1.36. The molecule has 3 heteroatoms. The Hall–Kier alpha value is -0.310. The van der Waals surface area contributed by atoms with Gasteiger partial charge in [-0.2, -0.15) is 5.10 Å². The number of halogens is 1. The lowest BCUT2D eigenvalue weighted by Gasteiger charge is -2.01. The van der Waals surface area contributed by atoms with Gasteiger partial charge in [0.05, 0.1) is 6.20 Å². The molecule has 13 heavy (non-hydrogen) atoms. The molecule has 0 aliphatic rings. The largest absolute Gasteiger partial charge is 0.276 e. The van der Waals surface area contributed by atoms with E-state index in [-0.39, 0.29) is 0 Å². The standard InChI is InChI=1S/C10H17BrN2/c1-9(11)5-3-4-6-10-7-12-13(2)8-10/h7-9H,3-6H2,1-2H3. The molecule has 0 fully saturated rings. The van der Waals surface area contributed by atoms with Gasteiger partial charge < -0.3 is 0 Å². The summed E-state index contributed by atoms with van der Waals surface area (Å²) in [6.45, 7) is 2.20. The quantitative estimate of drug-likeness (QED) is 0.576. The summed E-state index contributed by atoms with van der Waals surface area (Å²) in [5.41, 5.74) is 1.35. The van der Waals surface area contributed by atoms with Gasteiger partial charge in [0.15, 0.2) is 0 Å². The molecule has 0 spiro atoms. The van der Waals surface area contributed by atoms with Gasteiger partial charge in [0.1, 0.15) is 0 Å². The fraction of sp³-hybridized carbons (Fsp3) is 0.700. The Kier molecular flexibility index (Phi) is 4.50. The van der Waals surface area contributed by atoms with Crippen molar-refractivity contribution in [1.29, 1.82) is 0 Å². The number of unbranched alkanes of at least 4 members (excludes halogenated alkanes) is 1. The lowest BCUT2D eigenvalue weighted by molar-refractivity contribution is 0.679.